The minimum Gasteiger partial charge on any atom is -0.348 e. The molecule has 31 heavy (non-hydrogen) atoms. The Balaban J connectivity index is 1.18. The predicted molar refractivity (Wildman–Crippen MR) is 118 cm³/mol. The SMILES string of the molecule is CC1(N(c2ccc(Cc3ccc(N(C4(C)CO4)C4(C)CO4)cc3)cc2)C2(C)CO2)CO1. The fourth-order valence-corrected chi connectivity index (χ4v) is 4.79. The van der Waals surface area contributed by atoms with Crippen LogP contribution in [-0.4, -0.2) is 49.3 Å². The molecule has 4 aliphatic rings. The smallest absolute Gasteiger partial charge is 0.164 e. The van der Waals surface area contributed by atoms with Gasteiger partial charge in [0.05, 0.1) is 26.4 Å². The van der Waals surface area contributed by atoms with Crippen LogP contribution in [0.1, 0.15) is 38.8 Å². The van der Waals surface area contributed by atoms with Gasteiger partial charge in [-0.2, -0.15) is 0 Å². The summed E-state index contributed by atoms with van der Waals surface area (Å²) in [5.74, 6) is 0. The molecule has 4 unspecified atom stereocenters. The number of epoxide rings is 4. The number of anilines is 2. The van der Waals surface area contributed by atoms with Gasteiger partial charge in [-0.05, 0) is 69.5 Å². The molecule has 4 saturated heterocycles. The maximum Gasteiger partial charge on any atom is 0.164 e. The number of benzene rings is 2. The van der Waals surface area contributed by atoms with Crippen LogP contribution in [0.4, 0.5) is 11.4 Å². The van der Waals surface area contributed by atoms with Gasteiger partial charge in [-0.15, -0.1) is 0 Å². The number of hydrogen-bond acceptors (Lipinski definition) is 6. The van der Waals surface area contributed by atoms with Gasteiger partial charge in [0.2, 0.25) is 0 Å². The Bertz CT molecular complexity index is 870. The van der Waals surface area contributed by atoms with Gasteiger partial charge in [-0.1, -0.05) is 24.3 Å². The molecule has 0 aliphatic carbocycles. The van der Waals surface area contributed by atoms with Gasteiger partial charge in [0.25, 0.3) is 0 Å². The molecule has 4 heterocycles. The maximum absolute atomic E-state index is 5.72. The van der Waals surface area contributed by atoms with Crippen LogP contribution in [0, 0.1) is 0 Å². The van der Waals surface area contributed by atoms with Gasteiger partial charge in [-0.3, -0.25) is 0 Å². The van der Waals surface area contributed by atoms with Gasteiger partial charge in [0.15, 0.2) is 22.9 Å². The molecule has 2 aromatic carbocycles. The van der Waals surface area contributed by atoms with Gasteiger partial charge < -0.3 is 28.7 Å². The van der Waals surface area contributed by atoms with Crippen LogP contribution in [-0.2, 0) is 25.4 Å². The Morgan fingerprint density at radius 1 is 0.548 bits per heavy atom. The average molecular weight is 423 g/mol. The third kappa shape index (κ3) is 3.42. The van der Waals surface area contributed by atoms with E-state index >= 15 is 0 Å². The van der Waals surface area contributed by atoms with Gasteiger partial charge in [-0.25, -0.2) is 0 Å². The second-order valence-electron chi connectivity index (χ2n) is 10.0. The minimum atomic E-state index is -0.252. The number of nitrogens with zero attached hydrogens (tertiary/aromatic N) is 2. The van der Waals surface area contributed by atoms with Crippen molar-refractivity contribution >= 4 is 11.4 Å². The van der Waals surface area contributed by atoms with E-state index in [0.29, 0.717) is 0 Å². The highest BCUT2D eigenvalue weighted by Crippen LogP contribution is 2.47. The standard InChI is InChI=1S/C25H30N2O4/c1-22(14-28-22)26(23(2)15-29-23)20-9-5-18(6-10-20)13-19-7-11-21(12-8-19)27(24(3)16-30-24)25(4)17-31-25/h5-12H,13-17H2,1-4H3. The zero-order valence-corrected chi connectivity index (χ0v) is 18.7. The van der Waals surface area contributed by atoms with E-state index in [0.717, 1.165) is 44.2 Å². The van der Waals surface area contributed by atoms with Gasteiger partial charge in [0, 0.05) is 11.4 Å². The molecule has 6 heteroatoms. The first-order valence-electron chi connectivity index (χ1n) is 11.1. The molecule has 6 rings (SSSR count). The Kier molecular flexibility index (Phi) is 3.93. The van der Waals surface area contributed by atoms with Crippen molar-refractivity contribution < 1.29 is 18.9 Å². The lowest BCUT2D eigenvalue weighted by atomic mass is 10.0. The lowest BCUT2D eigenvalue weighted by molar-refractivity contribution is 0.230. The van der Waals surface area contributed by atoms with E-state index in [9.17, 15) is 0 Å². The highest BCUT2D eigenvalue weighted by molar-refractivity contribution is 5.56. The van der Waals surface area contributed by atoms with E-state index in [1.54, 1.807) is 0 Å². The summed E-state index contributed by atoms with van der Waals surface area (Å²) in [6.07, 6.45) is 0.892. The van der Waals surface area contributed by atoms with Crippen molar-refractivity contribution in [3.63, 3.8) is 0 Å². The predicted octanol–water partition coefficient (Wildman–Crippen LogP) is 3.88. The van der Waals surface area contributed by atoms with E-state index in [2.05, 4.69) is 86.0 Å². The van der Waals surface area contributed by atoms with E-state index < -0.39 is 0 Å². The van der Waals surface area contributed by atoms with Crippen molar-refractivity contribution in [3.05, 3.63) is 59.7 Å². The summed E-state index contributed by atoms with van der Waals surface area (Å²) >= 11 is 0. The number of ether oxygens (including phenoxy) is 4. The van der Waals surface area contributed by atoms with Gasteiger partial charge in [0.1, 0.15) is 0 Å². The van der Waals surface area contributed by atoms with Crippen molar-refractivity contribution in [3.8, 4) is 0 Å². The largest absolute Gasteiger partial charge is 0.348 e. The Morgan fingerprint density at radius 2 is 0.806 bits per heavy atom. The summed E-state index contributed by atoms with van der Waals surface area (Å²) in [5, 5.41) is 0. The summed E-state index contributed by atoms with van der Waals surface area (Å²) in [6.45, 7) is 11.5. The highest BCUT2D eigenvalue weighted by Gasteiger charge is 2.59. The van der Waals surface area contributed by atoms with Crippen LogP contribution >= 0.6 is 0 Å². The van der Waals surface area contributed by atoms with Gasteiger partial charge >= 0.3 is 0 Å². The fourth-order valence-electron chi connectivity index (χ4n) is 4.79. The van der Waals surface area contributed by atoms with Crippen LogP contribution < -0.4 is 9.80 Å². The van der Waals surface area contributed by atoms with Crippen LogP contribution in [0.15, 0.2) is 48.5 Å². The average Bonchev–Trinajstić information content (AvgIpc) is 3.53. The molecule has 4 atom stereocenters. The molecule has 0 N–H and O–H groups in total. The van der Waals surface area contributed by atoms with E-state index in [4.69, 9.17) is 18.9 Å². The second kappa shape index (κ2) is 6.23. The second-order valence-corrected chi connectivity index (χ2v) is 10.0. The molecular formula is C25H30N2O4. The molecule has 4 fully saturated rings. The normalized spacial score (nSPS) is 37.3. The minimum absolute atomic E-state index is 0.252. The third-order valence-electron chi connectivity index (χ3n) is 6.94. The molecule has 0 aromatic heterocycles. The van der Waals surface area contributed by atoms with Crippen LogP contribution in [0.3, 0.4) is 0 Å². The summed E-state index contributed by atoms with van der Waals surface area (Å²) in [4.78, 5) is 4.54. The monoisotopic (exact) mass is 422 g/mol. The zero-order valence-electron chi connectivity index (χ0n) is 18.7. The quantitative estimate of drug-likeness (QED) is 0.602. The first-order valence-corrected chi connectivity index (χ1v) is 11.1. The molecule has 2 aromatic rings. The third-order valence-corrected chi connectivity index (χ3v) is 6.94. The molecule has 0 radical (unpaired) electrons. The lowest BCUT2D eigenvalue weighted by Crippen LogP contribution is -2.46. The summed E-state index contributed by atoms with van der Waals surface area (Å²) in [6, 6.07) is 17.6. The van der Waals surface area contributed by atoms with Crippen LogP contribution in [0.2, 0.25) is 0 Å². The van der Waals surface area contributed by atoms with Crippen molar-refractivity contribution in [2.45, 2.75) is 57.0 Å². The molecule has 0 bridgehead atoms. The first kappa shape index (κ1) is 19.6. The molecule has 0 spiro atoms. The van der Waals surface area contributed by atoms with Crippen LogP contribution in [0.5, 0.6) is 0 Å². The Morgan fingerprint density at radius 3 is 1.03 bits per heavy atom. The zero-order chi connectivity index (χ0) is 21.5. The molecule has 4 aliphatic heterocycles. The molecule has 0 saturated carbocycles. The first-order chi connectivity index (χ1) is 14.7. The molecule has 164 valence electrons. The van der Waals surface area contributed by atoms with Crippen molar-refractivity contribution in [1.82, 2.24) is 0 Å². The summed E-state index contributed by atoms with van der Waals surface area (Å²) in [5.41, 5.74) is 3.85. The molecule has 0 amide bonds. The Hall–Kier alpha value is -2.12. The van der Waals surface area contributed by atoms with Crippen LogP contribution in [0.25, 0.3) is 0 Å². The highest BCUT2D eigenvalue weighted by atomic mass is 16.7. The van der Waals surface area contributed by atoms with E-state index in [1.807, 2.05) is 0 Å². The lowest BCUT2D eigenvalue weighted by Gasteiger charge is -2.33. The number of rotatable bonds is 8. The Labute approximate surface area is 183 Å². The van der Waals surface area contributed by atoms with E-state index in [1.165, 1.54) is 11.1 Å². The van der Waals surface area contributed by atoms with E-state index in [-0.39, 0.29) is 22.9 Å². The summed E-state index contributed by atoms with van der Waals surface area (Å²) < 4.78 is 22.9. The fraction of sp³-hybridized carbons (Fsp3) is 0.520. The summed E-state index contributed by atoms with van der Waals surface area (Å²) in [7, 11) is 0. The molecular weight excluding hydrogens is 392 g/mol. The topological polar surface area (TPSA) is 56.6 Å². The van der Waals surface area contributed by atoms with Crippen molar-refractivity contribution in [2.75, 3.05) is 36.2 Å². The molecule has 6 nitrogen and oxygen atoms in total. The number of hydrogen-bond donors (Lipinski definition) is 0. The van der Waals surface area contributed by atoms with Crippen molar-refractivity contribution in [1.29, 1.82) is 0 Å². The maximum atomic E-state index is 5.72. The van der Waals surface area contributed by atoms with Crippen molar-refractivity contribution in [2.24, 2.45) is 0 Å².